The first kappa shape index (κ1) is 25.1. The maximum Gasteiger partial charge on any atom is 0.303 e. The molecule has 0 aliphatic carbocycles. The van der Waals surface area contributed by atoms with Crippen molar-refractivity contribution in [1.29, 1.82) is 0 Å². The zero-order valence-corrected chi connectivity index (χ0v) is 18.5. The molecule has 0 unspecified atom stereocenters. The number of esters is 3. The first-order valence-electron chi connectivity index (χ1n) is 9.96. The second-order valence-corrected chi connectivity index (χ2v) is 7.24. The summed E-state index contributed by atoms with van der Waals surface area (Å²) >= 11 is 0. The Morgan fingerprint density at radius 3 is 2.40 bits per heavy atom. The standard InChI is InChI=1S/C18H19N7O10/c1-7(26)31-6-12-16(32-8(2)27)17(33-9(3)28)15(18(34-12)21-24-19)20-10-4-5-11(25(29)30)14-13(10)22-35-23-14/h4-5,12,15-18,20H,6H2,1-3H3/t12-,15-,16-,17-,18-/m1/s1. The third kappa shape index (κ3) is 5.71. The lowest BCUT2D eigenvalue weighted by Gasteiger charge is -2.44. The largest absolute Gasteiger partial charge is 0.463 e. The van der Waals surface area contributed by atoms with E-state index >= 15 is 0 Å². The van der Waals surface area contributed by atoms with Crippen molar-refractivity contribution in [3.8, 4) is 0 Å². The number of non-ortho nitro benzene ring substituents is 1. The Kier molecular flexibility index (Phi) is 7.62. The molecule has 0 bridgehead atoms. The van der Waals surface area contributed by atoms with Gasteiger partial charge in [0.1, 0.15) is 12.7 Å². The number of nitro groups is 1. The lowest BCUT2D eigenvalue weighted by Crippen LogP contribution is -2.63. The van der Waals surface area contributed by atoms with Crippen LogP contribution in [0, 0.1) is 10.1 Å². The van der Waals surface area contributed by atoms with Gasteiger partial charge in [-0.3, -0.25) is 24.5 Å². The molecule has 1 aromatic heterocycles. The summed E-state index contributed by atoms with van der Waals surface area (Å²) in [7, 11) is 0. The van der Waals surface area contributed by atoms with Crippen molar-refractivity contribution < 1.29 is 42.9 Å². The van der Waals surface area contributed by atoms with Crippen molar-refractivity contribution in [2.75, 3.05) is 11.9 Å². The molecule has 1 aromatic carbocycles. The predicted molar refractivity (Wildman–Crippen MR) is 111 cm³/mol. The summed E-state index contributed by atoms with van der Waals surface area (Å²) in [6, 6.07) is 1.22. The van der Waals surface area contributed by atoms with Crippen LogP contribution in [0.3, 0.4) is 0 Å². The van der Waals surface area contributed by atoms with E-state index in [1.807, 2.05) is 0 Å². The van der Waals surface area contributed by atoms with Crippen molar-refractivity contribution in [3.63, 3.8) is 0 Å². The highest BCUT2D eigenvalue weighted by Crippen LogP contribution is 2.34. The number of benzene rings is 1. The Labute approximate surface area is 195 Å². The number of carbonyl (C=O) groups is 3. The highest BCUT2D eigenvalue weighted by atomic mass is 16.6. The van der Waals surface area contributed by atoms with Gasteiger partial charge in [0.2, 0.25) is 5.52 Å². The van der Waals surface area contributed by atoms with Crippen LogP contribution >= 0.6 is 0 Å². The molecule has 35 heavy (non-hydrogen) atoms. The maximum absolute atomic E-state index is 11.9. The third-order valence-electron chi connectivity index (χ3n) is 4.80. The van der Waals surface area contributed by atoms with Crippen molar-refractivity contribution in [2.24, 2.45) is 5.11 Å². The number of hydrogen-bond donors (Lipinski definition) is 1. The minimum atomic E-state index is -1.39. The van der Waals surface area contributed by atoms with Gasteiger partial charge in [-0.2, -0.15) is 0 Å². The molecule has 2 aromatic rings. The van der Waals surface area contributed by atoms with Gasteiger partial charge >= 0.3 is 23.6 Å². The van der Waals surface area contributed by atoms with Gasteiger partial charge in [-0.1, -0.05) is 5.11 Å². The summed E-state index contributed by atoms with van der Waals surface area (Å²) in [6.45, 7) is 2.95. The van der Waals surface area contributed by atoms with Crippen molar-refractivity contribution >= 4 is 40.3 Å². The van der Waals surface area contributed by atoms with Crippen LogP contribution in [0.25, 0.3) is 21.5 Å². The van der Waals surface area contributed by atoms with Gasteiger partial charge in [-0.15, -0.1) is 0 Å². The average molecular weight is 493 g/mol. The van der Waals surface area contributed by atoms with Crippen LogP contribution in [0.5, 0.6) is 0 Å². The molecule has 1 aliphatic heterocycles. The smallest absolute Gasteiger partial charge is 0.303 e. The van der Waals surface area contributed by atoms with Crippen molar-refractivity contribution in [3.05, 3.63) is 32.7 Å². The molecule has 17 nitrogen and oxygen atoms in total. The van der Waals surface area contributed by atoms with Gasteiger partial charge in [0.15, 0.2) is 24.0 Å². The van der Waals surface area contributed by atoms with Crippen LogP contribution in [0.15, 0.2) is 21.9 Å². The highest BCUT2D eigenvalue weighted by Gasteiger charge is 2.50. The number of aromatic nitrogens is 2. The molecule has 0 radical (unpaired) electrons. The summed E-state index contributed by atoms with van der Waals surface area (Å²) in [6.07, 6.45) is -5.19. The number of carbonyl (C=O) groups excluding carboxylic acids is 3. The number of nitrogens with zero attached hydrogens (tertiary/aromatic N) is 6. The van der Waals surface area contributed by atoms with E-state index in [1.54, 1.807) is 0 Å². The number of nitro benzene ring substituents is 1. The van der Waals surface area contributed by atoms with Gasteiger partial charge in [0.25, 0.3) is 0 Å². The number of hydrogen-bond acceptors (Lipinski definition) is 14. The van der Waals surface area contributed by atoms with Crippen LogP contribution < -0.4 is 5.32 Å². The molecule has 1 fully saturated rings. The van der Waals surface area contributed by atoms with E-state index in [0.717, 1.165) is 26.8 Å². The second-order valence-electron chi connectivity index (χ2n) is 7.24. The Hall–Kier alpha value is -4.50. The second kappa shape index (κ2) is 10.6. The Bertz CT molecular complexity index is 1190. The van der Waals surface area contributed by atoms with Crippen molar-refractivity contribution in [2.45, 2.75) is 51.4 Å². The first-order chi connectivity index (χ1) is 16.6. The molecule has 5 atom stereocenters. The van der Waals surface area contributed by atoms with Gasteiger partial charge in [0, 0.05) is 31.7 Å². The summed E-state index contributed by atoms with van der Waals surface area (Å²) in [5.41, 5.74) is 8.60. The summed E-state index contributed by atoms with van der Waals surface area (Å²) < 4.78 is 26.1. The minimum Gasteiger partial charge on any atom is -0.463 e. The highest BCUT2D eigenvalue weighted by molar-refractivity contribution is 5.93. The Balaban J connectivity index is 2.07. The van der Waals surface area contributed by atoms with E-state index in [1.165, 1.54) is 6.07 Å². The molecule has 17 heteroatoms. The fourth-order valence-corrected chi connectivity index (χ4v) is 3.52. The quantitative estimate of drug-likeness (QED) is 0.104. The van der Waals surface area contributed by atoms with Crippen LogP contribution in [-0.2, 0) is 33.3 Å². The number of anilines is 1. The normalized spacial score (nSPS) is 23.6. The van der Waals surface area contributed by atoms with Gasteiger partial charge in [-0.25, -0.2) is 4.63 Å². The van der Waals surface area contributed by atoms with Crippen LogP contribution in [0.1, 0.15) is 20.8 Å². The summed E-state index contributed by atoms with van der Waals surface area (Å²) in [5.74, 6) is -2.20. The van der Waals surface area contributed by atoms with Gasteiger partial charge in [0.05, 0.1) is 16.7 Å². The van der Waals surface area contributed by atoms with Crippen molar-refractivity contribution in [1.82, 2.24) is 10.3 Å². The molecule has 1 N–H and O–H groups in total. The van der Waals surface area contributed by atoms with E-state index in [9.17, 15) is 24.5 Å². The summed E-state index contributed by atoms with van der Waals surface area (Å²) in [4.78, 5) is 48.4. The van der Waals surface area contributed by atoms with E-state index in [0.29, 0.717) is 0 Å². The van der Waals surface area contributed by atoms with E-state index in [-0.39, 0.29) is 22.4 Å². The van der Waals surface area contributed by atoms with E-state index in [2.05, 4.69) is 30.3 Å². The Morgan fingerprint density at radius 1 is 1.14 bits per heavy atom. The monoisotopic (exact) mass is 493 g/mol. The lowest BCUT2D eigenvalue weighted by molar-refractivity contribution is -0.383. The first-order valence-corrected chi connectivity index (χ1v) is 9.96. The average Bonchev–Trinajstić information content (AvgIpc) is 3.26. The van der Waals surface area contributed by atoms with Crippen LogP contribution in [-0.4, -0.2) is 70.3 Å². The Morgan fingerprint density at radius 2 is 1.80 bits per heavy atom. The predicted octanol–water partition coefficient (Wildman–Crippen LogP) is 1.37. The summed E-state index contributed by atoms with van der Waals surface area (Å²) in [5, 5.41) is 25.0. The molecule has 1 saturated heterocycles. The number of nitrogens with one attached hydrogen (secondary N) is 1. The SMILES string of the molecule is CC(=O)OC[C@H]1O[C@@H](N=[N+]=[N-])[C@H](Nc2ccc([N+](=O)[O-])c3nonc23)[C@@H](OC(C)=O)[C@@H]1OC(C)=O. The van der Waals surface area contributed by atoms with Gasteiger partial charge in [-0.05, 0) is 21.9 Å². The number of azide groups is 1. The molecule has 1 aliphatic rings. The molecule has 186 valence electrons. The molecule has 3 rings (SSSR count). The van der Waals surface area contributed by atoms with Crippen LogP contribution in [0.4, 0.5) is 11.4 Å². The van der Waals surface area contributed by atoms with E-state index < -0.39 is 60.0 Å². The minimum absolute atomic E-state index is 0.0495. The molecule has 2 heterocycles. The molecular formula is C18H19N7O10. The molecular weight excluding hydrogens is 474 g/mol. The topological polar surface area (TPSA) is 231 Å². The number of rotatable bonds is 8. The molecule has 0 amide bonds. The number of fused-ring (bicyclic) bond motifs is 1. The fourth-order valence-electron chi connectivity index (χ4n) is 3.52. The zero-order valence-electron chi connectivity index (χ0n) is 18.5. The zero-order chi connectivity index (χ0) is 25.7. The van der Waals surface area contributed by atoms with E-state index in [4.69, 9.17) is 24.5 Å². The van der Waals surface area contributed by atoms with Gasteiger partial charge < -0.3 is 24.3 Å². The van der Waals surface area contributed by atoms with Crippen LogP contribution in [0.2, 0.25) is 0 Å². The fraction of sp³-hybridized carbons (Fsp3) is 0.500. The maximum atomic E-state index is 11.9. The molecule has 0 spiro atoms. The third-order valence-corrected chi connectivity index (χ3v) is 4.80. The molecule has 0 saturated carbocycles. The number of ether oxygens (including phenoxy) is 4. The lowest BCUT2D eigenvalue weighted by atomic mass is 9.95.